The lowest BCUT2D eigenvalue weighted by atomic mass is 10.2. The lowest BCUT2D eigenvalue weighted by Crippen LogP contribution is -2.14. The van der Waals surface area contributed by atoms with Gasteiger partial charge in [-0.05, 0) is 55.5 Å². The molecule has 7 heteroatoms. The van der Waals surface area contributed by atoms with E-state index in [0.717, 1.165) is 10.9 Å². The molecule has 146 valence electrons. The van der Waals surface area contributed by atoms with Gasteiger partial charge in [0.05, 0.1) is 4.90 Å². The minimum Gasteiger partial charge on any atom is -0.451 e. The molecule has 1 heterocycles. The Kier molecular flexibility index (Phi) is 4.82. The number of rotatable bonds is 5. The van der Waals surface area contributed by atoms with Gasteiger partial charge in [0, 0.05) is 16.8 Å². The second kappa shape index (κ2) is 7.44. The average molecular weight is 406 g/mol. The van der Waals surface area contributed by atoms with Crippen molar-refractivity contribution < 1.29 is 17.6 Å². The van der Waals surface area contributed by atoms with E-state index in [4.69, 9.17) is 4.42 Å². The molecule has 1 amide bonds. The number of amides is 1. The van der Waals surface area contributed by atoms with Gasteiger partial charge in [0.1, 0.15) is 5.58 Å². The van der Waals surface area contributed by atoms with Gasteiger partial charge in [-0.3, -0.25) is 9.52 Å². The van der Waals surface area contributed by atoms with Crippen LogP contribution in [0, 0.1) is 6.92 Å². The highest BCUT2D eigenvalue weighted by atomic mass is 32.2. The molecule has 0 aliphatic rings. The number of carbonyl (C=O) groups excluding carboxylic acids is 1. The van der Waals surface area contributed by atoms with E-state index in [1.165, 1.54) is 24.3 Å². The molecular formula is C22H18N2O4S. The Bertz CT molecular complexity index is 1240. The number of hydrogen-bond acceptors (Lipinski definition) is 4. The fourth-order valence-corrected chi connectivity index (χ4v) is 3.90. The summed E-state index contributed by atoms with van der Waals surface area (Å²) in [4.78, 5) is 12.5. The van der Waals surface area contributed by atoms with E-state index < -0.39 is 15.9 Å². The average Bonchev–Trinajstić information content (AvgIpc) is 3.14. The lowest BCUT2D eigenvalue weighted by molar-refractivity contribution is 0.0998. The van der Waals surface area contributed by atoms with Crippen molar-refractivity contribution in [3.8, 4) is 0 Å². The van der Waals surface area contributed by atoms with Crippen LogP contribution in [-0.4, -0.2) is 14.3 Å². The van der Waals surface area contributed by atoms with Crippen molar-refractivity contribution in [1.29, 1.82) is 0 Å². The molecular weight excluding hydrogens is 388 g/mol. The van der Waals surface area contributed by atoms with Gasteiger partial charge >= 0.3 is 0 Å². The molecule has 4 rings (SSSR count). The van der Waals surface area contributed by atoms with Gasteiger partial charge in [-0.1, -0.05) is 35.9 Å². The largest absolute Gasteiger partial charge is 0.451 e. The monoisotopic (exact) mass is 406 g/mol. The molecule has 1 aromatic heterocycles. The van der Waals surface area contributed by atoms with Crippen molar-refractivity contribution in [1.82, 2.24) is 0 Å². The molecule has 0 saturated heterocycles. The zero-order valence-corrected chi connectivity index (χ0v) is 16.4. The number of benzene rings is 3. The first kappa shape index (κ1) is 18.8. The molecule has 29 heavy (non-hydrogen) atoms. The molecule has 2 N–H and O–H groups in total. The van der Waals surface area contributed by atoms with Gasteiger partial charge in [0.15, 0.2) is 5.76 Å². The minimum absolute atomic E-state index is 0.0970. The summed E-state index contributed by atoms with van der Waals surface area (Å²) >= 11 is 0. The molecule has 0 bridgehead atoms. The Morgan fingerprint density at radius 3 is 2.21 bits per heavy atom. The van der Waals surface area contributed by atoms with Crippen molar-refractivity contribution in [2.45, 2.75) is 11.8 Å². The first-order valence-corrected chi connectivity index (χ1v) is 10.4. The highest BCUT2D eigenvalue weighted by Crippen LogP contribution is 2.21. The third-order valence-electron chi connectivity index (χ3n) is 4.38. The molecule has 3 aromatic carbocycles. The van der Waals surface area contributed by atoms with Gasteiger partial charge in [0.2, 0.25) is 0 Å². The predicted molar refractivity (Wildman–Crippen MR) is 113 cm³/mol. The molecule has 6 nitrogen and oxygen atoms in total. The van der Waals surface area contributed by atoms with Crippen molar-refractivity contribution in [3.05, 3.63) is 90.2 Å². The highest BCUT2D eigenvalue weighted by molar-refractivity contribution is 7.92. The smallest absolute Gasteiger partial charge is 0.291 e. The standard InChI is InChI=1S/C22H18N2O4S/c1-15-6-8-18(9-7-15)24-29(26,27)19-12-10-17(11-13-19)23-22(25)21-14-16-4-2-3-5-20(16)28-21/h2-14,24H,1H3,(H,23,25). The molecule has 0 spiro atoms. The van der Waals surface area contributed by atoms with Gasteiger partial charge in [0.25, 0.3) is 15.9 Å². The summed E-state index contributed by atoms with van der Waals surface area (Å²) in [5.74, 6) is -0.224. The maximum atomic E-state index is 12.5. The van der Waals surface area contributed by atoms with Crippen LogP contribution in [0.2, 0.25) is 0 Å². The number of sulfonamides is 1. The number of furan rings is 1. The van der Waals surface area contributed by atoms with E-state index in [2.05, 4.69) is 10.0 Å². The summed E-state index contributed by atoms with van der Waals surface area (Å²) in [5, 5.41) is 3.54. The van der Waals surface area contributed by atoms with Crippen LogP contribution < -0.4 is 10.0 Å². The summed E-state index contributed by atoms with van der Waals surface area (Å²) in [6.07, 6.45) is 0. The van der Waals surface area contributed by atoms with Crippen molar-refractivity contribution in [2.24, 2.45) is 0 Å². The van der Waals surface area contributed by atoms with Crippen LogP contribution in [0.5, 0.6) is 0 Å². The molecule has 0 fully saturated rings. The van der Waals surface area contributed by atoms with Crippen LogP contribution in [0.25, 0.3) is 11.0 Å². The molecule has 0 radical (unpaired) electrons. The number of aryl methyl sites for hydroxylation is 1. The van der Waals surface area contributed by atoms with Gasteiger partial charge in [-0.15, -0.1) is 0 Å². The molecule has 4 aromatic rings. The van der Waals surface area contributed by atoms with Crippen LogP contribution in [0.15, 0.2) is 88.2 Å². The van der Waals surface area contributed by atoms with Crippen LogP contribution in [-0.2, 0) is 10.0 Å². The molecule has 0 aliphatic heterocycles. The summed E-state index contributed by atoms with van der Waals surface area (Å²) < 4.78 is 33.1. The molecule has 0 atom stereocenters. The van der Waals surface area contributed by atoms with Crippen LogP contribution in [0.4, 0.5) is 11.4 Å². The van der Waals surface area contributed by atoms with E-state index in [9.17, 15) is 13.2 Å². The number of hydrogen-bond donors (Lipinski definition) is 2. The van der Waals surface area contributed by atoms with Crippen LogP contribution in [0.1, 0.15) is 16.1 Å². The Morgan fingerprint density at radius 1 is 0.862 bits per heavy atom. The number of para-hydroxylation sites is 1. The summed E-state index contributed by atoms with van der Waals surface area (Å²) in [6.45, 7) is 1.93. The summed E-state index contributed by atoms with van der Waals surface area (Å²) in [6, 6.07) is 22.0. The number of carbonyl (C=O) groups is 1. The maximum absolute atomic E-state index is 12.5. The zero-order chi connectivity index (χ0) is 20.4. The maximum Gasteiger partial charge on any atom is 0.291 e. The SMILES string of the molecule is Cc1ccc(NS(=O)(=O)c2ccc(NC(=O)c3cc4ccccc4o3)cc2)cc1. The second-order valence-electron chi connectivity index (χ2n) is 6.60. The van der Waals surface area contributed by atoms with E-state index in [1.54, 1.807) is 24.3 Å². The number of nitrogens with one attached hydrogen (secondary N) is 2. The van der Waals surface area contributed by atoms with Crippen molar-refractivity contribution in [2.75, 3.05) is 10.0 Å². The first-order chi connectivity index (χ1) is 13.9. The third kappa shape index (κ3) is 4.14. The number of anilines is 2. The molecule has 0 saturated carbocycles. The van der Waals surface area contributed by atoms with Crippen LogP contribution >= 0.6 is 0 Å². The van der Waals surface area contributed by atoms with Crippen molar-refractivity contribution >= 4 is 38.3 Å². The fourth-order valence-electron chi connectivity index (χ4n) is 2.84. The zero-order valence-electron chi connectivity index (χ0n) is 15.5. The minimum atomic E-state index is -3.72. The Morgan fingerprint density at radius 2 is 1.52 bits per heavy atom. The van der Waals surface area contributed by atoms with E-state index >= 15 is 0 Å². The normalized spacial score (nSPS) is 11.3. The lowest BCUT2D eigenvalue weighted by Gasteiger charge is -2.09. The highest BCUT2D eigenvalue weighted by Gasteiger charge is 2.16. The fraction of sp³-hybridized carbons (Fsp3) is 0.0455. The van der Waals surface area contributed by atoms with E-state index in [0.29, 0.717) is 17.0 Å². The molecule has 0 aliphatic carbocycles. The first-order valence-electron chi connectivity index (χ1n) is 8.90. The van der Waals surface area contributed by atoms with Gasteiger partial charge in [-0.2, -0.15) is 0 Å². The predicted octanol–water partition coefficient (Wildman–Crippen LogP) is 4.79. The third-order valence-corrected chi connectivity index (χ3v) is 5.77. The topological polar surface area (TPSA) is 88.4 Å². The Hall–Kier alpha value is -3.58. The van der Waals surface area contributed by atoms with Gasteiger partial charge < -0.3 is 9.73 Å². The molecule has 0 unspecified atom stereocenters. The quantitative estimate of drug-likeness (QED) is 0.499. The summed E-state index contributed by atoms with van der Waals surface area (Å²) in [7, 11) is -3.72. The van der Waals surface area contributed by atoms with E-state index in [-0.39, 0.29) is 10.7 Å². The Labute approximate surface area is 168 Å². The Balaban J connectivity index is 1.48. The number of fused-ring (bicyclic) bond motifs is 1. The van der Waals surface area contributed by atoms with Gasteiger partial charge in [-0.25, -0.2) is 8.42 Å². The second-order valence-corrected chi connectivity index (χ2v) is 8.28. The van der Waals surface area contributed by atoms with Crippen molar-refractivity contribution in [3.63, 3.8) is 0 Å². The van der Waals surface area contributed by atoms with E-state index in [1.807, 2.05) is 37.3 Å². The van der Waals surface area contributed by atoms with Crippen LogP contribution in [0.3, 0.4) is 0 Å². The summed E-state index contributed by atoms with van der Waals surface area (Å²) in [5.41, 5.74) is 2.61.